The fraction of sp³-hybridized carbons (Fsp3) is 0.591. The number of hydrogen-bond donors (Lipinski definition) is 2. The van der Waals surface area contributed by atoms with Gasteiger partial charge in [0.1, 0.15) is 10.4 Å². The molecule has 0 spiro atoms. The molecule has 1 heterocycles. The van der Waals surface area contributed by atoms with Gasteiger partial charge in [0.15, 0.2) is 6.10 Å². The number of sulfonamides is 1. The van der Waals surface area contributed by atoms with E-state index >= 15 is 0 Å². The van der Waals surface area contributed by atoms with Gasteiger partial charge in [0.2, 0.25) is 10.0 Å². The number of esters is 1. The molecule has 1 aromatic rings. The molecule has 1 saturated carbocycles. The van der Waals surface area contributed by atoms with E-state index in [1.54, 1.807) is 0 Å². The van der Waals surface area contributed by atoms with E-state index in [0.29, 0.717) is 19.4 Å². The highest BCUT2D eigenvalue weighted by Crippen LogP contribution is 2.28. The topological polar surface area (TPSA) is 135 Å². The first kappa shape index (κ1) is 25.4. The van der Waals surface area contributed by atoms with Crippen LogP contribution >= 0.6 is 11.6 Å². The minimum absolute atomic E-state index is 0.0505. The number of amides is 1. The van der Waals surface area contributed by atoms with Crippen LogP contribution in [-0.2, 0) is 24.3 Å². The highest BCUT2D eigenvalue weighted by atomic mass is 35.5. The normalized spacial score (nSPS) is 21.1. The molecule has 1 aliphatic heterocycles. The van der Waals surface area contributed by atoms with Crippen LogP contribution in [0.1, 0.15) is 62.2 Å². The molecule has 1 aromatic carbocycles. The summed E-state index contributed by atoms with van der Waals surface area (Å²) < 4.78 is 38.5. The van der Waals surface area contributed by atoms with E-state index in [1.165, 1.54) is 19.1 Å². The molecule has 2 aliphatic rings. The average Bonchev–Trinajstić information content (AvgIpc) is 3.32. The van der Waals surface area contributed by atoms with Gasteiger partial charge in [-0.2, -0.15) is 5.26 Å². The van der Waals surface area contributed by atoms with Crippen LogP contribution in [0.3, 0.4) is 0 Å². The molecule has 2 atom stereocenters. The molecule has 0 aromatic heterocycles. The first-order valence-electron chi connectivity index (χ1n) is 11.0. The Morgan fingerprint density at radius 3 is 2.67 bits per heavy atom. The van der Waals surface area contributed by atoms with Gasteiger partial charge in [-0.25, -0.2) is 17.9 Å². The number of hydrogen-bond acceptors (Lipinski definition) is 7. The fourth-order valence-corrected chi connectivity index (χ4v) is 5.55. The molecule has 2 N–H and O–H groups in total. The van der Waals surface area contributed by atoms with Crippen molar-refractivity contribution in [2.75, 3.05) is 13.2 Å². The predicted octanol–water partition coefficient (Wildman–Crippen LogP) is 2.69. The SMILES string of the molecule is CC(OC(=O)c1ccc(Cl)c(S(=O)(=O)NCC2CCCO2)c1)C(=O)NC1(C#N)CCCCC1. The summed E-state index contributed by atoms with van der Waals surface area (Å²) in [7, 11) is -3.99. The second-order valence-corrected chi connectivity index (χ2v) is 10.6. The molecule has 2 unspecified atom stereocenters. The smallest absolute Gasteiger partial charge is 0.338 e. The van der Waals surface area contributed by atoms with Gasteiger partial charge in [-0.05, 0) is 50.8 Å². The van der Waals surface area contributed by atoms with Gasteiger partial charge in [-0.3, -0.25) is 4.79 Å². The van der Waals surface area contributed by atoms with E-state index < -0.39 is 33.5 Å². The van der Waals surface area contributed by atoms with Crippen LogP contribution in [0.4, 0.5) is 0 Å². The van der Waals surface area contributed by atoms with Crippen LogP contribution < -0.4 is 10.0 Å². The molecule has 3 rings (SSSR count). The van der Waals surface area contributed by atoms with Gasteiger partial charge in [0, 0.05) is 13.2 Å². The van der Waals surface area contributed by atoms with E-state index in [9.17, 15) is 23.3 Å². The number of nitriles is 1. The van der Waals surface area contributed by atoms with Gasteiger partial charge in [0.05, 0.1) is 22.8 Å². The summed E-state index contributed by atoms with van der Waals surface area (Å²) in [6.07, 6.45) is 4.04. The van der Waals surface area contributed by atoms with Crippen molar-refractivity contribution in [3.05, 3.63) is 28.8 Å². The highest BCUT2D eigenvalue weighted by molar-refractivity contribution is 7.89. The standard InChI is InChI=1S/C22H28ClN3O6S/c1-15(20(27)26-22(14-24)9-3-2-4-10-22)32-21(28)16-7-8-18(23)19(12-16)33(29,30)25-13-17-6-5-11-31-17/h7-8,12,15,17,25H,2-6,9-11,13H2,1H3,(H,26,27). The van der Waals surface area contributed by atoms with E-state index in [-0.39, 0.29) is 28.1 Å². The second kappa shape index (κ2) is 10.8. The van der Waals surface area contributed by atoms with E-state index in [4.69, 9.17) is 21.1 Å². The monoisotopic (exact) mass is 497 g/mol. The number of nitrogens with zero attached hydrogens (tertiary/aromatic N) is 1. The lowest BCUT2D eigenvalue weighted by molar-refractivity contribution is -0.130. The van der Waals surface area contributed by atoms with E-state index in [2.05, 4.69) is 16.1 Å². The van der Waals surface area contributed by atoms with Crippen molar-refractivity contribution < 1.29 is 27.5 Å². The average molecular weight is 498 g/mol. The third-order valence-corrected chi connectivity index (χ3v) is 7.82. The lowest BCUT2D eigenvalue weighted by Gasteiger charge is -2.32. The molecular weight excluding hydrogens is 470 g/mol. The summed E-state index contributed by atoms with van der Waals surface area (Å²) in [4.78, 5) is 24.9. The number of carbonyl (C=O) groups excluding carboxylic acids is 2. The maximum absolute atomic E-state index is 12.7. The fourth-order valence-electron chi connectivity index (χ4n) is 3.96. The number of benzene rings is 1. The summed E-state index contributed by atoms with van der Waals surface area (Å²) in [6, 6.07) is 5.91. The van der Waals surface area contributed by atoms with Crippen LogP contribution in [0, 0.1) is 11.3 Å². The first-order valence-corrected chi connectivity index (χ1v) is 12.9. The number of nitrogens with one attached hydrogen (secondary N) is 2. The van der Waals surface area contributed by atoms with E-state index in [1.807, 2.05) is 0 Å². The summed E-state index contributed by atoms with van der Waals surface area (Å²) in [6.45, 7) is 2.10. The molecule has 9 nitrogen and oxygen atoms in total. The van der Waals surface area contributed by atoms with Gasteiger partial charge in [-0.15, -0.1) is 0 Å². The van der Waals surface area contributed by atoms with Crippen molar-refractivity contribution in [3.8, 4) is 6.07 Å². The Morgan fingerprint density at radius 1 is 1.30 bits per heavy atom. The molecule has 1 aliphatic carbocycles. The molecule has 2 fully saturated rings. The molecule has 0 radical (unpaired) electrons. The van der Waals surface area contributed by atoms with Crippen molar-refractivity contribution in [1.82, 2.24) is 10.0 Å². The molecule has 33 heavy (non-hydrogen) atoms. The van der Waals surface area contributed by atoms with Crippen LogP contribution in [0.5, 0.6) is 0 Å². The van der Waals surface area contributed by atoms with Crippen molar-refractivity contribution in [1.29, 1.82) is 5.26 Å². The lowest BCUT2D eigenvalue weighted by atomic mass is 9.83. The van der Waals surface area contributed by atoms with Crippen LogP contribution in [-0.4, -0.2) is 51.2 Å². The summed E-state index contributed by atoms with van der Waals surface area (Å²) in [5.41, 5.74) is -1.02. The molecule has 1 amide bonds. The molecule has 11 heteroatoms. The van der Waals surface area contributed by atoms with Gasteiger partial charge >= 0.3 is 5.97 Å². The number of ether oxygens (including phenoxy) is 2. The number of halogens is 1. The van der Waals surface area contributed by atoms with Gasteiger partial charge < -0.3 is 14.8 Å². The van der Waals surface area contributed by atoms with Gasteiger partial charge in [0.25, 0.3) is 5.91 Å². The molecule has 180 valence electrons. The number of carbonyl (C=O) groups is 2. The highest BCUT2D eigenvalue weighted by Gasteiger charge is 2.35. The second-order valence-electron chi connectivity index (χ2n) is 8.42. The van der Waals surface area contributed by atoms with Gasteiger partial charge in [-0.1, -0.05) is 30.9 Å². The first-order chi connectivity index (χ1) is 15.7. The maximum Gasteiger partial charge on any atom is 0.338 e. The summed E-state index contributed by atoms with van der Waals surface area (Å²) in [5, 5.41) is 12.2. The molecule has 1 saturated heterocycles. The molecule has 0 bridgehead atoms. The van der Waals surface area contributed by atoms with Crippen molar-refractivity contribution in [3.63, 3.8) is 0 Å². The quantitative estimate of drug-likeness (QED) is 0.527. The maximum atomic E-state index is 12.7. The van der Waals surface area contributed by atoms with Crippen molar-refractivity contribution in [2.24, 2.45) is 0 Å². The Labute approximate surface area is 198 Å². The Balaban J connectivity index is 1.65. The van der Waals surface area contributed by atoms with Crippen molar-refractivity contribution >= 4 is 33.5 Å². The Hall–Kier alpha value is -2.19. The number of rotatable bonds is 8. The third kappa shape index (κ3) is 6.44. The minimum atomic E-state index is -3.99. The largest absolute Gasteiger partial charge is 0.449 e. The third-order valence-electron chi connectivity index (χ3n) is 5.92. The van der Waals surface area contributed by atoms with E-state index in [0.717, 1.165) is 38.2 Å². The Kier molecular flexibility index (Phi) is 8.34. The minimum Gasteiger partial charge on any atom is -0.449 e. The molecular formula is C22H28ClN3O6S. The zero-order valence-corrected chi connectivity index (χ0v) is 20.0. The zero-order valence-electron chi connectivity index (χ0n) is 18.4. The van der Waals surface area contributed by atoms with Crippen LogP contribution in [0.25, 0.3) is 0 Å². The summed E-state index contributed by atoms with van der Waals surface area (Å²) >= 11 is 6.08. The van der Waals surface area contributed by atoms with Crippen molar-refractivity contribution in [2.45, 2.75) is 74.5 Å². The predicted molar refractivity (Wildman–Crippen MR) is 120 cm³/mol. The lowest BCUT2D eigenvalue weighted by Crippen LogP contribution is -2.52. The Morgan fingerprint density at radius 2 is 2.03 bits per heavy atom. The summed E-state index contributed by atoms with van der Waals surface area (Å²) in [5.74, 6) is -1.45. The zero-order chi connectivity index (χ0) is 24.1. The Bertz CT molecular complexity index is 1030. The van der Waals surface area contributed by atoms with Crippen LogP contribution in [0.15, 0.2) is 23.1 Å². The van der Waals surface area contributed by atoms with Crippen LogP contribution in [0.2, 0.25) is 5.02 Å².